The number of rotatable bonds is 3. The zero-order chi connectivity index (χ0) is 17.3. The van der Waals surface area contributed by atoms with Gasteiger partial charge in [0.05, 0.1) is 0 Å². The molecule has 2 aliphatic heterocycles. The van der Waals surface area contributed by atoms with Crippen LogP contribution in [-0.4, -0.2) is 44.7 Å². The zero-order valence-electron chi connectivity index (χ0n) is 14.0. The molecule has 1 N–H and O–H groups in total. The average Bonchev–Trinajstić information content (AvgIpc) is 2.85. The van der Waals surface area contributed by atoms with Crippen LogP contribution in [0.1, 0.15) is 32.3 Å². The second-order valence-electron chi connectivity index (χ2n) is 6.79. The van der Waals surface area contributed by atoms with Crippen LogP contribution in [0.5, 0.6) is 0 Å². The highest BCUT2D eigenvalue weighted by Gasteiger charge is 2.34. The summed E-state index contributed by atoms with van der Waals surface area (Å²) in [4.78, 5) is 14.4. The Hall–Kier alpha value is -1.89. The summed E-state index contributed by atoms with van der Waals surface area (Å²) in [6.45, 7) is 6.11. The van der Waals surface area contributed by atoms with Gasteiger partial charge in [-0.25, -0.2) is 0 Å². The van der Waals surface area contributed by atoms with Gasteiger partial charge in [0, 0.05) is 31.1 Å². The minimum absolute atomic E-state index is 0.00569. The number of nitrogens with zero attached hydrogens (tertiary/aromatic N) is 2. The Balaban J connectivity index is 1.67. The van der Waals surface area contributed by atoms with Crippen molar-refractivity contribution in [3.8, 4) is 0 Å². The third-order valence-corrected chi connectivity index (χ3v) is 5.79. The molecule has 0 radical (unpaired) electrons. The molecule has 7 heteroatoms. The number of benzene rings is 1. The van der Waals surface area contributed by atoms with Crippen LogP contribution in [0.4, 0.5) is 0 Å². The van der Waals surface area contributed by atoms with Gasteiger partial charge in [0.2, 0.25) is 5.91 Å². The van der Waals surface area contributed by atoms with Gasteiger partial charge in [-0.1, -0.05) is 26.0 Å². The number of fused-ring (bicyclic) bond motifs is 1. The highest BCUT2D eigenvalue weighted by atomic mass is 32.2. The van der Waals surface area contributed by atoms with Gasteiger partial charge >= 0.3 is 0 Å². The van der Waals surface area contributed by atoms with E-state index in [1.54, 1.807) is 18.2 Å². The molecule has 0 unspecified atom stereocenters. The van der Waals surface area contributed by atoms with E-state index in [9.17, 15) is 13.2 Å². The molecule has 0 bridgehead atoms. The minimum Gasteiger partial charge on any atom is -0.356 e. The third kappa shape index (κ3) is 3.31. The number of sulfonamides is 1. The fourth-order valence-electron chi connectivity index (χ4n) is 3.12. The van der Waals surface area contributed by atoms with E-state index in [4.69, 9.17) is 0 Å². The number of hydrogen-bond acceptors (Lipinski definition) is 4. The molecule has 130 valence electrons. The molecule has 1 amide bonds. The monoisotopic (exact) mass is 349 g/mol. The van der Waals surface area contributed by atoms with Gasteiger partial charge in [0.25, 0.3) is 10.0 Å². The first-order valence-corrected chi connectivity index (χ1v) is 9.79. The minimum atomic E-state index is -3.59. The Kier molecular flexibility index (Phi) is 4.62. The molecule has 24 heavy (non-hydrogen) atoms. The molecular weight excluding hydrogens is 326 g/mol. The van der Waals surface area contributed by atoms with E-state index in [1.807, 2.05) is 11.0 Å². The van der Waals surface area contributed by atoms with Gasteiger partial charge in [0.15, 0.2) is 5.84 Å². The lowest BCUT2D eigenvalue weighted by Gasteiger charge is -2.32. The summed E-state index contributed by atoms with van der Waals surface area (Å²) < 4.78 is 28.3. The number of carbonyl (C=O) groups is 1. The third-order valence-electron chi connectivity index (χ3n) is 4.46. The van der Waals surface area contributed by atoms with Crippen molar-refractivity contribution in [2.75, 3.05) is 19.6 Å². The smallest absolute Gasteiger partial charge is 0.285 e. The van der Waals surface area contributed by atoms with Crippen molar-refractivity contribution in [2.45, 2.75) is 31.6 Å². The molecule has 3 rings (SSSR count). The van der Waals surface area contributed by atoms with Crippen LogP contribution in [0, 0.1) is 11.8 Å². The van der Waals surface area contributed by atoms with Crippen molar-refractivity contribution < 1.29 is 13.2 Å². The van der Waals surface area contributed by atoms with E-state index < -0.39 is 10.0 Å². The summed E-state index contributed by atoms with van der Waals surface area (Å²) in [5.74, 6) is 1.05. The molecule has 0 atom stereocenters. The fraction of sp³-hybridized carbons (Fsp3) is 0.529. The van der Waals surface area contributed by atoms with Gasteiger partial charge in [-0.05, 0) is 30.9 Å². The quantitative estimate of drug-likeness (QED) is 0.899. The predicted octanol–water partition coefficient (Wildman–Crippen LogP) is 1.62. The van der Waals surface area contributed by atoms with Crippen LogP contribution < -0.4 is 5.32 Å². The van der Waals surface area contributed by atoms with E-state index in [2.05, 4.69) is 23.6 Å². The number of amides is 1. The van der Waals surface area contributed by atoms with Crippen molar-refractivity contribution in [1.29, 1.82) is 0 Å². The topological polar surface area (TPSA) is 78.8 Å². The van der Waals surface area contributed by atoms with Gasteiger partial charge < -0.3 is 10.2 Å². The first-order chi connectivity index (χ1) is 11.4. The zero-order valence-corrected chi connectivity index (χ0v) is 14.8. The lowest BCUT2D eigenvalue weighted by Crippen LogP contribution is -2.43. The number of amidine groups is 1. The highest BCUT2D eigenvalue weighted by molar-refractivity contribution is 7.90. The van der Waals surface area contributed by atoms with Crippen LogP contribution in [0.3, 0.4) is 0 Å². The lowest BCUT2D eigenvalue weighted by atomic mass is 9.95. The summed E-state index contributed by atoms with van der Waals surface area (Å²) in [6.07, 6.45) is 1.43. The summed E-state index contributed by atoms with van der Waals surface area (Å²) in [5, 5.41) is 2.98. The van der Waals surface area contributed by atoms with Crippen LogP contribution in [-0.2, 0) is 14.8 Å². The maximum atomic E-state index is 12.2. The van der Waals surface area contributed by atoms with Crippen molar-refractivity contribution in [3.05, 3.63) is 29.8 Å². The maximum Gasteiger partial charge on any atom is 0.285 e. The van der Waals surface area contributed by atoms with Gasteiger partial charge in [-0.3, -0.25) is 4.79 Å². The Morgan fingerprint density at radius 3 is 2.62 bits per heavy atom. The molecule has 6 nitrogen and oxygen atoms in total. The molecule has 0 spiro atoms. The van der Waals surface area contributed by atoms with Gasteiger partial charge in [0.1, 0.15) is 4.90 Å². The standard InChI is InChI=1S/C17H23N3O3S/c1-12(2)11-18-17(21)13-7-9-20(10-8-13)16-14-5-3-4-6-15(14)24(22,23)19-16/h3-6,12-13H,7-11H2,1-2H3,(H,18,21). The lowest BCUT2D eigenvalue weighted by molar-refractivity contribution is -0.126. The van der Waals surface area contributed by atoms with E-state index in [0.29, 0.717) is 49.8 Å². The van der Waals surface area contributed by atoms with Crippen molar-refractivity contribution in [3.63, 3.8) is 0 Å². The van der Waals surface area contributed by atoms with Crippen molar-refractivity contribution in [2.24, 2.45) is 16.2 Å². The Labute approximate surface area is 143 Å². The number of carbonyl (C=O) groups excluding carboxylic acids is 1. The molecule has 2 aliphatic rings. The SMILES string of the molecule is CC(C)CNC(=O)C1CCN(C2=NS(=O)(=O)c3ccccc32)CC1. The molecule has 1 aromatic rings. The first kappa shape index (κ1) is 17.0. The van der Waals surface area contributed by atoms with Crippen LogP contribution in [0.2, 0.25) is 0 Å². The second kappa shape index (κ2) is 6.55. The Bertz CT molecular complexity index is 763. The maximum absolute atomic E-state index is 12.2. The fourth-order valence-corrected chi connectivity index (χ4v) is 4.35. The van der Waals surface area contributed by atoms with E-state index in [0.717, 1.165) is 0 Å². The Morgan fingerprint density at radius 2 is 1.96 bits per heavy atom. The molecule has 0 aromatic heterocycles. The number of likely N-dealkylation sites (tertiary alicyclic amines) is 1. The Morgan fingerprint density at radius 1 is 1.29 bits per heavy atom. The van der Waals surface area contributed by atoms with Crippen LogP contribution in [0.15, 0.2) is 33.6 Å². The highest BCUT2D eigenvalue weighted by Crippen LogP contribution is 2.29. The molecule has 0 aliphatic carbocycles. The second-order valence-corrected chi connectivity index (χ2v) is 8.36. The molecule has 1 fully saturated rings. The van der Waals surface area contributed by atoms with Gasteiger partial charge in [-0.2, -0.15) is 8.42 Å². The number of piperidine rings is 1. The van der Waals surface area contributed by atoms with Crippen molar-refractivity contribution >= 4 is 21.8 Å². The summed E-state index contributed by atoms with van der Waals surface area (Å²) in [5.41, 5.74) is 0.667. The molecule has 0 saturated carbocycles. The van der Waals surface area contributed by atoms with E-state index in [1.165, 1.54) is 0 Å². The van der Waals surface area contributed by atoms with E-state index >= 15 is 0 Å². The van der Waals surface area contributed by atoms with E-state index in [-0.39, 0.29) is 16.7 Å². The van der Waals surface area contributed by atoms with Crippen LogP contribution >= 0.6 is 0 Å². The summed E-state index contributed by atoms with van der Waals surface area (Å²) >= 11 is 0. The summed E-state index contributed by atoms with van der Waals surface area (Å²) in [7, 11) is -3.59. The van der Waals surface area contributed by atoms with Crippen LogP contribution in [0.25, 0.3) is 0 Å². The number of nitrogens with one attached hydrogen (secondary N) is 1. The summed E-state index contributed by atoms with van der Waals surface area (Å²) in [6, 6.07) is 6.91. The predicted molar refractivity (Wildman–Crippen MR) is 92.3 cm³/mol. The van der Waals surface area contributed by atoms with Gasteiger partial charge in [-0.15, -0.1) is 4.40 Å². The largest absolute Gasteiger partial charge is 0.356 e. The molecule has 1 aromatic carbocycles. The number of hydrogen-bond donors (Lipinski definition) is 1. The first-order valence-electron chi connectivity index (χ1n) is 8.35. The normalized spacial score (nSPS) is 20.0. The molecular formula is C17H23N3O3S. The average molecular weight is 349 g/mol. The van der Waals surface area contributed by atoms with Crippen molar-refractivity contribution in [1.82, 2.24) is 10.2 Å². The molecule has 1 saturated heterocycles. The molecule has 2 heterocycles.